The van der Waals surface area contributed by atoms with Gasteiger partial charge in [-0.15, -0.1) is 0 Å². The van der Waals surface area contributed by atoms with Crippen molar-refractivity contribution in [3.8, 4) is 0 Å². The number of rotatable bonds is 3. The van der Waals surface area contributed by atoms with Crippen LogP contribution in [0.2, 0.25) is 5.15 Å². The molecule has 0 radical (unpaired) electrons. The number of aryl methyl sites for hydroxylation is 2. The maximum absolute atomic E-state index is 12.5. The van der Waals surface area contributed by atoms with E-state index in [-0.39, 0.29) is 5.91 Å². The second kappa shape index (κ2) is 7.28. The molecule has 3 aromatic heterocycles. The summed E-state index contributed by atoms with van der Waals surface area (Å²) in [7, 11) is 1.78. The molecule has 1 aliphatic heterocycles. The van der Waals surface area contributed by atoms with Gasteiger partial charge in [0.25, 0.3) is 0 Å². The Morgan fingerprint density at radius 1 is 1.30 bits per heavy atom. The number of fused-ring (bicyclic) bond motifs is 1. The Morgan fingerprint density at radius 3 is 2.74 bits per heavy atom. The third kappa shape index (κ3) is 3.54. The molecule has 0 atom stereocenters. The summed E-state index contributed by atoms with van der Waals surface area (Å²) in [6.45, 7) is 4.71. The van der Waals surface area contributed by atoms with Gasteiger partial charge in [-0.2, -0.15) is 5.10 Å². The van der Waals surface area contributed by atoms with Gasteiger partial charge in [-0.1, -0.05) is 22.9 Å². The summed E-state index contributed by atoms with van der Waals surface area (Å²) in [5.41, 5.74) is 2.51. The molecule has 0 spiro atoms. The molecule has 0 bridgehead atoms. The van der Waals surface area contributed by atoms with Crippen molar-refractivity contribution < 1.29 is 4.79 Å². The Bertz CT molecular complexity index is 985. The summed E-state index contributed by atoms with van der Waals surface area (Å²) in [6, 6.07) is 3.86. The van der Waals surface area contributed by atoms with E-state index in [4.69, 9.17) is 11.6 Å². The first-order valence-electron chi connectivity index (χ1n) is 8.65. The van der Waals surface area contributed by atoms with Crippen LogP contribution < -0.4 is 4.90 Å². The molecule has 1 saturated heterocycles. The van der Waals surface area contributed by atoms with Gasteiger partial charge in [0.05, 0.1) is 5.69 Å². The standard InChI is InChI=1S/C18H19ClN6OS/c1-12-13(16(19)23(2)22-12)5-6-15(26)24-8-10-25(11-9-24)18-21-14-4-3-7-20-17(14)27-18/h3-7H,8-11H2,1-2H3/b6-5+. The molecule has 7 nitrogen and oxygen atoms in total. The van der Waals surface area contributed by atoms with Crippen LogP contribution in [0.1, 0.15) is 11.3 Å². The predicted octanol–water partition coefficient (Wildman–Crippen LogP) is 2.75. The zero-order valence-electron chi connectivity index (χ0n) is 15.1. The molecule has 140 valence electrons. The van der Waals surface area contributed by atoms with Gasteiger partial charge in [0.2, 0.25) is 5.91 Å². The topological polar surface area (TPSA) is 67.2 Å². The highest BCUT2D eigenvalue weighted by molar-refractivity contribution is 7.21. The van der Waals surface area contributed by atoms with Gasteiger partial charge in [0.1, 0.15) is 15.5 Å². The van der Waals surface area contributed by atoms with Crippen molar-refractivity contribution >= 4 is 50.4 Å². The Labute approximate surface area is 165 Å². The van der Waals surface area contributed by atoms with E-state index >= 15 is 0 Å². The quantitative estimate of drug-likeness (QED) is 0.630. The van der Waals surface area contributed by atoms with Gasteiger partial charge in [0, 0.05) is 51.1 Å². The number of amides is 1. The van der Waals surface area contributed by atoms with Crippen molar-refractivity contribution in [2.24, 2.45) is 7.05 Å². The monoisotopic (exact) mass is 402 g/mol. The van der Waals surface area contributed by atoms with Crippen LogP contribution in [-0.4, -0.2) is 56.7 Å². The number of carbonyl (C=O) groups excluding carboxylic acids is 1. The Balaban J connectivity index is 1.39. The van der Waals surface area contributed by atoms with Crippen LogP contribution in [0.15, 0.2) is 24.4 Å². The molecule has 1 aliphatic rings. The zero-order valence-corrected chi connectivity index (χ0v) is 16.7. The van der Waals surface area contributed by atoms with Crippen molar-refractivity contribution in [1.82, 2.24) is 24.6 Å². The van der Waals surface area contributed by atoms with Crippen molar-refractivity contribution in [3.05, 3.63) is 40.8 Å². The van der Waals surface area contributed by atoms with Crippen LogP contribution in [0.3, 0.4) is 0 Å². The number of carbonyl (C=O) groups is 1. The molecule has 0 aromatic carbocycles. The molecule has 4 rings (SSSR count). The molecule has 27 heavy (non-hydrogen) atoms. The number of halogens is 1. The van der Waals surface area contributed by atoms with Gasteiger partial charge in [-0.05, 0) is 25.1 Å². The Kier molecular flexibility index (Phi) is 4.84. The lowest BCUT2D eigenvalue weighted by Gasteiger charge is -2.34. The number of hydrogen-bond acceptors (Lipinski definition) is 6. The van der Waals surface area contributed by atoms with E-state index in [0.29, 0.717) is 18.2 Å². The molecule has 0 N–H and O–H groups in total. The fraction of sp³-hybridized carbons (Fsp3) is 0.333. The first kappa shape index (κ1) is 17.9. The van der Waals surface area contributed by atoms with Gasteiger partial charge in [0.15, 0.2) is 5.13 Å². The molecular formula is C18H19ClN6OS. The summed E-state index contributed by atoms with van der Waals surface area (Å²) in [6.07, 6.45) is 5.11. The van der Waals surface area contributed by atoms with Crippen LogP contribution in [-0.2, 0) is 11.8 Å². The normalized spacial score (nSPS) is 15.2. The van der Waals surface area contributed by atoms with Crippen LogP contribution in [0, 0.1) is 6.92 Å². The molecule has 1 fully saturated rings. The average Bonchev–Trinajstić information content (AvgIpc) is 3.21. The van der Waals surface area contributed by atoms with Crippen molar-refractivity contribution in [2.75, 3.05) is 31.1 Å². The molecule has 0 aliphatic carbocycles. The maximum Gasteiger partial charge on any atom is 0.246 e. The zero-order chi connectivity index (χ0) is 19.0. The molecular weight excluding hydrogens is 384 g/mol. The van der Waals surface area contributed by atoms with Gasteiger partial charge in [-0.25, -0.2) is 9.97 Å². The number of nitrogens with zero attached hydrogens (tertiary/aromatic N) is 6. The lowest BCUT2D eigenvalue weighted by atomic mass is 10.2. The third-order valence-corrected chi connectivity index (χ3v) is 6.09. The summed E-state index contributed by atoms with van der Waals surface area (Å²) in [5.74, 6) is -0.0139. The fourth-order valence-electron chi connectivity index (χ4n) is 3.11. The van der Waals surface area contributed by atoms with E-state index in [0.717, 1.165) is 39.8 Å². The SMILES string of the molecule is Cc1nn(C)c(Cl)c1/C=C/C(=O)N1CCN(c2nc3cccnc3s2)CC1. The highest BCUT2D eigenvalue weighted by Gasteiger charge is 2.22. The van der Waals surface area contributed by atoms with E-state index in [1.54, 1.807) is 41.4 Å². The minimum Gasteiger partial charge on any atom is -0.344 e. The van der Waals surface area contributed by atoms with Gasteiger partial charge in [-0.3, -0.25) is 9.48 Å². The molecule has 9 heteroatoms. The van der Waals surface area contributed by atoms with Crippen molar-refractivity contribution in [3.63, 3.8) is 0 Å². The Hall–Kier alpha value is -2.45. The molecule has 0 saturated carbocycles. The maximum atomic E-state index is 12.5. The van der Waals surface area contributed by atoms with Gasteiger partial charge < -0.3 is 9.80 Å². The number of aromatic nitrogens is 4. The number of piperazine rings is 1. The van der Waals surface area contributed by atoms with E-state index in [2.05, 4.69) is 20.0 Å². The van der Waals surface area contributed by atoms with Crippen LogP contribution in [0.25, 0.3) is 16.4 Å². The number of hydrogen-bond donors (Lipinski definition) is 0. The van der Waals surface area contributed by atoms with E-state index in [1.807, 2.05) is 24.0 Å². The van der Waals surface area contributed by atoms with E-state index in [9.17, 15) is 4.79 Å². The first-order valence-corrected chi connectivity index (χ1v) is 9.85. The fourth-order valence-corrected chi connectivity index (χ4v) is 4.31. The molecule has 1 amide bonds. The second-order valence-corrected chi connectivity index (χ2v) is 7.70. The molecule has 4 heterocycles. The van der Waals surface area contributed by atoms with Crippen LogP contribution in [0.4, 0.5) is 5.13 Å². The lowest BCUT2D eigenvalue weighted by molar-refractivity contribution is -0.126. The molecule has 0 unspecified atom stereocenters. The van der Waals surface area contributed by atoms with Crippen LogP contribution >= 0.6 is 22.9 Å². The number of pyridine rings is 1. The minimum absolute atomic E-state index is 0.0139. The van der Waals surface area contributed by atoms with E-state index < -0.39 is 0 Å². The summed E-state index contributed by atoms with van der Waals surface area (Å²) in [5, 5.41) is 5.75. The molecule has 3 aromatic rings. The second-order valence-electron chi connectivity index (χ2n) is 6.38. The van der Waals surface area contributed by atoms with Crippen LogP contribution in [0.5, 0.6) is 0 Å². The first-order chi connectivity index (χ1) is 13.0. The third-order valence-electron chi connectivity index (χ3n) is 4.61. The minimum atomic E-state index is -0.0139. The highest BCUT2D eigenvalue weighted by Crippen LogP contribution is 2.27. The Morgan fingerprint density at radius 2 is 2.07 bits per heavy atom. The summed E-state index contributed by atoms with van der Waals surface area (Å²) >= 11 is 7.80. The summed E-state index contributed by atoms with van der Waals surface area (Å²) in [4.78, 5) is 26.5. The van der Waals surface area contributed by atoms with E-state index in [1.165, 1.54) is 0 Å². The van der Waals surface area contributed by atoms with Crippen molar-refractivity contribution in [2.45, 2.75) is 6.92 Å². The largest absolute Gasteiger partial charge is 0.344 e. The predicted molar refractivity (Wildman–Crippen MR) is 108 cm³/mol. The summed E-state index contributed by atoms with van der Waals surface area (Å²) < 4.78 is 1.60. The lowest BCUT2D eigenvalue weighted by Crippen LogP contribution is -2.48. The highest BCUT2D eigenvalue weighted by atomic mass is 35.5. The smallest absolute Gasteiger partial charge is 0.246 e. The number of anilines is 1. The average molecular weight is 403 g/mol. The number of thiazole rings is 1. The van der Waals surface area contributed by atoms with Gasteiger partial charge >= 0.3 is 0 Å². The van der Waals surface area contributed by atoms with Crippen molar-refractivity contribution in [1.29, 1.82) is 0 Å².